The van der Waals surface area contributed by atoms with E-state index in [0.29, 0.717) is 16.7 Å². The molecule has 0 radical (unpaired) electrons. The number of hydrogen-bond donors (Lipinski definition) is 1. The van der Waals surface area contributed by atoms with E-state index in [4.69, 9.17) is 14.6 Å². The van der Waals surface area contributed by atoms with Crippen molar-refractivity contribution < 1.29 is 29.0 Å². The zero-order valence-corrected chi connectivity index (χ0v) is 14.9. The number of hydrogen-bond acceptors (Lipinski definition) is 5. The molecule has 0 unspecified atom stereocenters. The number of benzene rings is 2. The van der Waals surface area contributed by atoms with E-state index >= 15 is 0 Å². The second kappa shape index (κ2) is 8.18. The van der Waals surface area contributed by atoms with Crippen LogP contribution >= 0.6 is 0 Å². The minimum Gasteiger partial charge on any atom is -0.478 e. The van der Waals surface area contributed by atoms with Crippen molar-refractivity contribution in [1.29, 1.82) is 0 Å². The summed E-state index contributed by atoms with van der Waals surface area (Å²) in [5.74, 6) is -2.32. The summed E-state index contributed by atoms with van der Waals surface area (Å²) >= 11 is 0. The topological polar surface area (TPSA) is 89.9 Å². The van der Waals surface area contributed by atoms with Crippen LogP contribution in [0.2, 0.25) is 0 Å². The molecule has 1 aliphatic heterocycles. The van der Waals surface area contributed by atoms with Crippen LogP contribution in [0.25, 0.3) is 17.7 Å². The number of aliphatic carboxylic acids is 1. The first-order chi connectivity index (χ1) is 13.5. The Labute approximate surface area is 161 Å². The van der Waals surface area contributed by atoms with Crippen LogP contribution in [0.1, 0.15) is 16.7 Å². The van der Waals surface area contributed by atoms with E-state index in [1.807, 2.05) is 6.07 Å². The molecule has 0 amide bonds. The number of rotatable bonds is 5. The van der Waals surface area contributed by atoms with Gasteiger partial charge in [0.1, 0.15) is 5.76 Å². The van der Waals surface area contributed by atoms with E-state index < -0.39 is 17.9 Å². The van der Waals surface area contributed by atoms with E-state index in [1.165, 1.54) is 13.2 Å². The van der Waals surface area contributed by atoms with Crippen LogP contribution in [0, 0.1) is 0 Å². The molecule has 2 aromatic carbocycles. The number of esters is 2. The van der Waals surface area contributed by atoms with Crippen molar-refractivity contribution in [1.82, 2.24) is 0 Å². The van der Waals surface area contributed by atoms with Crippen molar-refractivity contribution in [2.75, 3.05) is 7.11 Å². The first-order valence-corrected chi connectivity index (χ1v) is 8.33. The largest absolute Gasteiger partial charge is 0.478 e. The van der Waals surface area contributed by atoms with Crippen molar-refractivity contribution in [3.05, 3.63) is 88.7 Å². The average Bonchev–Trinajstić information content (AvgIpc) is 3.03. The fraction of sp³-hybridized carbons (Fsp3) is 0.0455. The van der Waals surface area contributed by atoms with Crippen LogP contribution in [0.15, 0.2) is 72.0 Å². The summed E-state index contributed by atoms with van der Waals surface area (Å²) < 4.78 is 10.1. The molecule has 28 heavy (non-hydrogen) atoms. The number of cyclic esters (lactones) is 1. The molecule has 0 aromatic heterocycles. The molecule has 6 heteroatoms. The van der Waals surface area contributed by atoms with Crippen LogP contribution in [-0.2, 0) is 23.9 Å². The molecule has 0 bridgehead atoms. The van der Waals surface area contributed by atoms with Gasteiger partial charge in [-0.2, -0.15) is 0 Å². The minimum absolute atomic E-state index is 0.152. The number of carbonyl (C=O) groups excluding carboxylic acids is 2. The Morgan fingerprint density at radius 3 is 2.25 bits per heavy atom. The number of carboxylic acids is 1. The molecule has 140 valence electrons. The third kappa shape index (κ3) is 4.07. The van der Waals surface area contributed by atoms with Gasteiger partial charge in [-0.25, -0.2) is 14.4 Å². The number of carbonyl (C=O) groups is 3. The number of allylic oxidation sites excluding steroid dienone is 1. The van der Waals surface area contributed by atoms with Gasteiger partial charge in [0.2, 0.25) is 0 Å². The first kappa shape index (κ1) is 18.8. The van der Waals surface area contributed by atoms with Crippen molar-refractivity contribution in [3.8, 4) is 0 Å². The Morgan fingerprint density at radius 2 is 1.64 bits per heavy atom. The van der Waals surface area contributed by atoms with Gasteiger partial charge >= 0.3 is 17.9 Å². The molecule has 2 aromatic rings. The lowest BCUT2D eigenvalue weighted by Gasteiger charge is -2.06. The summed E-state index contributed by atoms with van der Waals surface area (Å²) in [5.41, 5.74) is 2.30. The van der Waals surface area contributed by atoms with E-state index in [-0.39, 0.29) is 11.3 Å². The maximum Gasteiger partial charge on any atom is 0.351 e. The molecule has 0 fully saturated rings. The van der Waals surface area contributed by atoms with Gasteiger partial charge in [-0.05, 0) is 28.8 Å². The summed E-state index contributed by atoms with van der Waals surface area (Å²) in [4.78, 5) is 35.0. The molecule has 0 saturated heterocycles. The molecular formula is C22H16O6. The Morgan fingerprint density at radius 1 is 1.00 bits per heavy atom. The third-order valence-electron chi connectivity index (χ3n) is 4.01. The highest BCUT2D eigenvalue weighted by molar-refractivity contribution is 6.25. The highest BCUT2D eigenvalue weighted by Gasteiger charge is 2.36. The predicted octanol–water partition coefficient (Wildman–Crippen LogP) is 3.31. The van der Waals surface area contributed by atoms with Gasteiger partial charge in [0.15, 0.2) is 5.57 Å². The molecule has 1 heterocycles. The van der Waals surface area contributed by atoms with Gasteiger partial charge in [-0.3, -0.25) is 0 Å². The highest BCUT2D eigenvalue weighted by Crippen LogP contribution is 2.36. The monoisotopic (exact) mass is 376 g/mol. The summed E-state index contributed by atoms with van der Waals surface area (Å²) in [5, 5.41) is 8.68. The van der Waals surface area contributed by atoms with Crippen molar-refractivity contribution in [2.45, 2.75) is 0 Å². The molecule has 0 aliphatic carbocycles. The maximum absolute atomic E-state index is 12.3. The van der Waals surface area contributed by atoms with E-state index in [9.17, 15) is 14.4 Å². The van der Waals surface area contributed by atoms with Gasteiger partial charge in [0.05, 0.1) is 7.11 Å². The van der Waals surface area contributed by atoms with E-state index in [2.05, 4.69) is 0 Å². The normalized spacial score (nSPS) is 15.2. The quantitative estimate of drug-likeness (QED) is 0.489. The molecule has 0 spiro atoms. The maximum atomic E-state index is 12.3. The Kier molecular flexibility index (Phi) is 5.50. The second-order valence-corrected chi connectivity index (χ2v) is 5.84. The van der Waals surface area contributed by atoms with Gasteiger partial charge in [-0.1, -0.05) is 54.6 Å². The Bertz CT molecular complexity index is 1010. The van der Waals surface area contributed by atoms with Crippen LogP contribution in [0.5, 0.6) is 0 Å². The molecule has 3 rings (SSSR count). The number of methoxy groups -OCH3 is 1. The zero-order valence-electron chi connectivity index (χ0n) is 14.9. The Hall–Kier alpha value is -3.93. The van der Waals surface area contributed by atoms with E-state index in [1.54, 1.807) is 54.6 Å². The molecule has 0 saturated carbocycles. The van der Waals surface area contributed by atoms with Crippen LogP contribution < -0.4 is 0 Å². The lowest BCUT2D eigenvalue weighted by atomic mass is 9.98. The summed E-state index contributed by atoms with van der Waals surface area (Å²) in [6.07, 6.45) is 4.16. The fourth-order valence-electron chi connectivity index (χ4n) is 2.73. The number of carboxylic acid groups (broad SMARTS) is 1. The lowest BCUT2D eigenvalue weighted by Crippen LogP contribution is -2.12. The zero-order chi connectivity index (χ0) is 20.1. The number of ether oxygens (including phenoxy) is 2. The van der Waals surface area contributed by atoms with Crippen molar-refractivity contribution in [3.63, 3.8) is 0 Å². The standard InChI is InChI=1S/C22H16O6/c1-27-21(25)20-19(16-5-3-2-4-6-16)17(28-22(20)26)13-15-9-7-14(8-10-15)11-12-18(23)24/h2-13H,1H3,(H,23,24). The van der Waals surface area contributed by atoms with Crippen LogP contribution in [0.4, 0.5) is 0 Å². The van der Waals surface area contributed by atoms with Crippen LogP contribution in [-0.4, -0.2) is 30.1 Å². The van der Waals surface area contributed by atoms with Gasteiger partial charge in [0, 0.05) is 11.6 Å². The van der Waals surface area contributed by atoms with Gasteiger partial charge in [0.25, 0.3) is 0 Å². The predicted molar refractivity (Wildman–Crippen MR) is 103 cm³/mol. The SMILES string of the molecule is COC(=O)C1=C(c2ccccc2)C(=Cc2ccc(C=CC(=O)O)cc2)OC1=O. The minimum atomic E-state index is -1.03. The smallest absolute Gasteiger partial charge is 0.351 e. The molecule has 1 N–H and O–H groups in total. The van der Waals surface area contributed by atoms with Gasteiger partial charge in [-0.15, -0.1) is 0 Å². The van der Waals surface area contributed by atoms with Gasteiger partial charge < -0.3 is 14.6 Å². The molecule has 0 atom stereocenters. The summed E-state index contributed by atoms with van der Waals surface area (Å²) in [6, 6.07) is 15.9. The fourth-order valence-corrected chi connectivity index (χ4v) is 2.73. The molecule has 6 nitrogen and oxygen atoms in total. The summed E-state index contributed by atoms with van der Waals surface area (Å²) in [7, 11) is 1.20. The Balaban J connectivity index is 2.02. The summed E-state index contributed by atoms with van der Waals surface area (Å²) in [6.45, 7) is 0. The van der Waals surface area contributed by atoms with Crippen molar-refractivity contribution in [2.24, 2.45) is 0 Å². The lowest BCUT2D eigenvalue weighted by molar-refractivity contribution is -0.142. The third-order valence-corrected chi connectivity index (χ3v) is 4.01. The van der Waals surface area contributed by atoms with Crippen molar-refractivity contribution >= 4 is 35.6 Å². The molecular weight excluding hydrogens is 360 g/mol. The van der Waals surface area contributed by atoms with E-state index in [0.717, 1.165) is 11.6 Å². The second-order valence-electron chi connectivity index (χ2n) is 5.84. The molecule has 1 aliphatic rings. The highest BCUT2D eigenvalue weighted by atomic mass is 16.6. The average molecular weight is 376 g/mol. The van der Waals surface area contributed by atoms with Crippen LogP contribution in [0.3, 0.4) is 0 Å². The first-order valence-electron chi connectivity index (χ1n) is 8.33.